The highest BCUT2D eigenvalue weighted by Crippen LogP contribution is 2.44. The van der Waals surface area contributed by atoms with Crippen LogP contribution in [0.1, 0.15) is 52.9 Å². The molecule has 0 unspecified atom stereocenters. The Morgan fingerprint density at radius 1 is 1.14 bits per heavy atom. The molecule has 29 heavy (non-hydrogen) atoms. The molecule has 0 bridgehead atoms. The van der Waals surface area contributed by atoms with Crippen LogP contribution in [0.4, 0.5) is 0 Å². The summed E-state index contributed by atoms with van der Waals surface area (Å²) in [7, 11) is 0. The number of hydrogen-bond acceptors (Lipinski definition) is 5. The topological polar surface area (TPSA) is 98.0 Å². The van der Waals surface area contributed by atoms with E-state index in [-0.39, 0.29) is 23.5 Å². The molecule has 1 aromatic carbocycles. The largest absolute Gasteiger partial charge is 0.486 e. The molecular weight excluding hydrogens is 374 g/mol. The number of ether oxygens (including phenoxy) is 2. The predicted octanol–water partition coefficient (Wildman–Crippen LogP) is 3.23. The maximum atomic E-state index is 12.9. The highest BCUT2D eigenvalue weighted by Gasteiger charge is 2.37. The Morgan fingerprint density at radius 2 is 1.86 bits per heavy atom. The second kappa shape index (κ2) is 7.81. The van der Waals surface area contributed by atoms with Gasteiger partial charge in [-0.05, 0) is 37.5 Å². The number of hydrogen-bond donors (Lipinski definition) is 2. The van der Waals surface area contributed by atoms with E-state index in [0.717, 1.165) is 42.7 Å². The van der Waals surface area contributed by atoms with Gasteiger partial charge in [0.25, 0.3) is 5.91 Å². The third kappa shape index (κ3) is 3.81. The first-order valence-corrected chi connectivity index (χ1v) is 9.96. The molecular formula is C22H25NO6. The van der Waals surface area contributed by atoms with Crippen LogP contribution in [0.2, 0.25) is 0 Å². The third-order valence-electron chi connectivity index (χ3n) is 5.89. The van der Waals surface area contributed by atoms with Gasteiger partial charge in [-0.2, -0.15) is 0 Å². The Balaban J connectivity index is 1.55. The summed E-state index contributed by atoms with van der Waals surface area (Å²) in [5, 5.41) is 12.1. The van der Waals surface area contributed by atoms with Gasteiger partial charge in [0.2, 0.25) is 0 Å². The lowest BCUT2D eigenvalue weighted by Gasteiger charge is -2.31. The summed E-state index contributed by atoms with van der Waals surface area (Å²) in [5.74, 6) is 0.367. The van der Waals surface area contributed by atoms with Crippen molar-refractivity contribution in [1.29, 1.82) is 0 Å². The van der Waals surface area contributed by atoms with E-state index in [2.05, 4.69) is 11.4 Å². The van der Waals surface area contributed by atoms with E-state index in [1.54, 1.807) is 6.92 Å². The Kier molecular flexibility index (Phi) is 5.22. The lowest BCUT2D eigenvalue weighted by atomic mass is 9.78. The maximum Gasteiger partial charge on any atom is 0.311 e. The number of fused-ring (bicyclic) bond motifs is 1. The van der Waals surface area contributed by atoms with Gasteiger partial charge in [0, 0.05) is 17.5 Å². The van der Waals surface area contributed by atoms with Crippen molar-refractivity contribution in [1.82, 2.24) is 5.32 Å². The number of carbonyl (C=O) groups excluding carboxylic acids is 1. The number of rotatable bonds is 6. The van der Waals surface area contributed by atoms with Gasteiger partial charge < -0.3 is 24.3 Å². The van der Waals surface area contributed by atoms with Crippen molar-refractivity contribution >= 4 is 11.9 Å². The SMILES string of the molecule is Cc1coc(CC(=O)O)c1C(=O)NCC1(c2ccc3c(c2)OCCO3)CCCC1. The zero-order chi connectivity index (χ0) is 20.4. The highest BCUT2D eigenvalue weighted by atomic mass is 16.6. The van der Waals surface area contributed by atoms with Crippen LogP contribution in [-0.4, -0.2) is 36.7 Å². The summed E-state index contributed by atoms with van der Waals surface area (Å²) in [6.07, 6.45) is 5.25. The van der Waals surface area contributed by atoms with Crippen LogP contribution in [-0.2, 0) is 16.6 Å². The molecule has 0 atom stereocenters. The summed E-state index contributed by atoms with van der Waals surface area (Å²) in [6, 6.07) is 6.03. The van der Waals surface area contributed by atoms with Crippen LogP contribution < -0.4 is 14.8 Å². The fourth-order valence-electron chi connectivity index (χ4n) is 4.40. The number of carboxylic acids is 1. The number of benzene rings is 1. The Bertz CT molecular complexity index is 925. The lowest BCUT2D eigenvalue weighted by Crippen LogP contribution is -2.39. The fourth-order valence-corrected chi connectivity index (χ4v) is 4.40. The Morgan fingerprint density at radius 3 is 2.59 bits per heavy atom. The number of amides is 1. The summed E-state index contributed by atoms with van der Waals surface area (Å²) in [6.45, 7) is 3.31. The van der Waals surface area contributed by atoms with Crippen molar-refractivity contribution in [2.24, 2.45) is 0 Å². The minimum Gasteiger partial charge on any atom is -0.486 e. The van der Waals surface area contributed by atoms with Crippen LogP contribution in [0.5, 0.6) is 11.5 Å². The van der Waals surface area contributed by atoms with Gasteiger partial charge in [-0.3, -0.25) is 9.59 Å². The van der Waals surface area contributed by atoms with Crippen molar-refractivity contribution in [2.75, 3.05) is 19.8 Å². The minimum atomic E-state index is -1.03. The molecule has 1 aliphatic heterocycles. The molecule has 2 aromatic rings. The van der Waals surface area contributed by atoms with E-state index in [1.807, 2.05) is 12.1 Å². The van der Waals surface area contributed by atoms with Crippen molar-refractivity contribution < 1.29 is 28.6 Å². The van der Waals surface area contributed by atoms with Gasteiger partial charge in [0.05, 0.1) is 11.8 Å². The van der Waals surface area contributed by atoms with E-state index in [9.17, 15) is 9.59 Å². The summed E-state index contributed by atoms with van der Waals surface area (Å²) in [5.41, 5.74) is 1.92. The van der Waals surface area contributed by atoms with Crippen LogP contribution in [0.25, 0.3) is 0 Å². The van der Waals surface area contributed by atoms with Gasteiger partial charge in [-0.25, -0.2) is 0 Å². The Hall–Kier alpha value is -2.96. The van der Waals surface area contributed by atoms with E-state index in [4.69, 9.17) is 19.0 Å². The van der Waals surface area contributed by atoms with E-state index in [0.29, 0.717) is 30.9 Å². The van der Waals surface area contributed by atoms with Crippen molar-refractivity contribution in [3.05, 3.63) is 46.9 Å². The number of aryl methyl sites for hydroxylation is 1. The van der Waals surface area contributed by atoms with Gasteiger partial charge >= 0.3 is 5.97 Å². The molecule has 2 aliphatic rings. The number of aliphatic carboxylic acids is 1. The minimum absolute atomic E-state index is 0.171. The highest BCUT2D eigenvalue weighted by molar-refractivity contribution is 5.97. The number of nitrogens with one attached hydrogen (secondary N) is 1. The third-order valence-corrected chi connectivity index (χ3v) is 5.89. The fraction of sp³-hybridized carbons (Fsp3) is 0.455. The van der Waals surface area contributed by atoms with Crippen molar-refractivity contribution in [3.63, 3.8) is 0 Å². The van der Waals surface area contributed by atoms with Crippen LogP contribution >= 0.6 is 0 Å². The average Bonchev–Trinajstić information content (AvgIpc) is 3.33. The average molecular weight is 399 g/mol. The molecule has 1 aliphatic carbocycles. The predicted molar refractivity (Wildman–Crippen MR) is 105 cm³/mol. The molecule has 7 heteroatoms. The lowest BCUT2D eigenvalue weighted by molar-refractivity contribution is -0.136. The first-order valence-electron chi connectivity index (χ1n) is 9.96. The maximum absolute atomic E-state index is 12.9. The van der Waals surface area contributed by atoms with E-state index < -0.39 is 5.97 Å². The molecule has 1 fully saturated rings. The molecule has 1 saturated carbocycles. The number of carbonyl (C=O) groups is 2. The molecule has 1 aromatic heterocycles. The van der Waals surface area contributed by atoms with Gasteiger partial charge in [0.15, 0.2) is 11.5 Å². The van der Waals surface area contributed by atoms with E-state index >= 15 is 0 Å². The molecule has 7 nitrogen and oxygen atoms in total. The normalized spacial score (nSPS) is 17.1. The molecule has 2 heterocycles. The molecule has 1 amide bonds. The van der Waals surface area contributed by atoms with Gasteiger partial charge in [-0.1, -0.05) is 18.9 Å². The second-order valence-electron chi connectivity index (χ2n) is 7.82. The van der Waals surface area contributed by atoms with Crippen LogP contribution in [0, 0.1) is 6.92 Å². The molecule has 0 spiro atoms. The quantitative estimate of drug-likeness (QED) is 0.774. The molecule has 0 radical (unpaired) electrons. The molecule has 154 valence electrons. The Labute approximate surface area is 169 Å². The van der Waals surface area contributed by atoms with Crippen LogP contribution in [0.15, 0.2) is 28.9 Å². The molecule has 4 rings (SSSR count). The van der Waals surface area contributed by atoms with Crippen molar-refractivity contribution in [3.8, 4) is 11.5 Å². The zero-order valence-electron chi connectivity index (χ0n) is 16.5. The van der Waals surface area contributed by atoms with E-state index in [1.165, 1.54) is 6.26 Å². The smallest absolute Gasteiger partial charge is 0.311 e. The number of furan rings is 1. The standard InChI is InChI=1S/C22H25NO6/c1-14-12-29-18(11-19(24)25)20(14)21(26)23-13-22(6-2-3-7-22)15-4-5-16-17(10-15)28-9-8-27-16/h4-5,10,12H,2-3,6-9,11,13H2,1H3,(H,23,26)(H,24,25). The monoisotopic (exact) mass is 399 g/mol. The first-order chi connectivity index (χ1) is 14.0. The van der Waals surface area contributed by atoms with Crippen molar-refractivity contribution in [2.45, 2.75) is 44.4 Å². The summed E-state index contributed by atoms with van der Waals surface area (Å²) < 4.78 is 16.7. The molecule has 2 N–H and O–H groups in total. The summed E-state index contributed by atoms with van der Waals surface area (Å²) in [4.78, 5) is 23.9. The first kappa shape index (κ1) is 19.4. The summed E-state index contributed by atoms with van der Waals surface area (Å²) >= 11 is 0. The van der Waals surface area contributed by atoms with Crippen LogP contribution in [0.3, 0.4) is 0 Å². The number of carboxylic acid groups (broad SMARTS) is 1. The second-order valence-corrected chi connectivity index (χ2v) is 7.82. The van der Waals surface area contributed by atoms with Gasteiger partial charge in [0.1, 0.15) is 25.4 Å². The zero-order valence-corrected chi connectivity index (χ0v) is 16.5. The molecule has 0 saturated heterocycles. The van der Waals surface area contributed by atoms with Gasteiger partial charge in [-0.15, -0.1) is 0 Å².